The van der Waals surface area contributed by atoms with E-state index in [9.17, 15) is 18.0 Å². The van der Waals surface area contributed by atoms with Crippen LogP contribution in [0.4, 0.5) is 13.2 Å². The smallest absolute Gasteiger partial charge is 0.330 e. The maximum absolute atomic E-state index is 12.5. The number of nitrogens with two attached hydrogens (primary N) is 1. The molecule has 0 unspecified atom stereocenters. The van der Waals surface area contributed by atoms with Crippen LogP contribution in [-0.2, 0) is 6.18 Å². The first-order valence-corrected chi connectivity index (χ1v) is 4.84. The Morgan fingerprint density at radius 3 is 2.50 bits per heavy atom. The topological polar surface area (TPSA) is 43.1 Å². The summed E-state index contributed by atoms with van der Waals surface area (Å²) in [4.78, 5) is 11.3. The second kappa shape index (κ2) is 4.84. The van der Waals surface area contributed by atoms with Gasteiger partial charge in [-0.2, -0.15) is 13.2 Å². The number of carbonyl (C=O) groups is 1. The van der Waals surface area contributed by atoms with Crippen molar-refractivity contribution < 1.29 is 18.0 Å². The molecule has 1 aromatic carbocycles. The van der Waals surface area contributed by atoms with E-state index in [1.165, 1.54) is 6.07 Å². The van der Waals surface area contributed by atoms with E-state index in [1.807, 2.05) is 0 Å². The van der Waals surface area contributed by atoms with E-state index in [0.29, 0.717) is 0 Å². The van der Waals surface area contributed by atoms with Crippen molar-refractivity contribution in [3.05, 3.63) is 34.3 Å². The number of halogens is 4. The van der Waals surface area contributed by atoms with Gasteiger partial charge in [-0.3, -0.25) is 4.79 Å². The molecule has 6 heteroatoms. The molecule has 88 valence electrons. The van der Waals surface area contributed by atoms with Gasteiger partial charge in [-0.05, 0) is 24.7 Å². The van der Waals surface area contributed by atoms with Gasteiger partial charge >= 0.3 is 6.18 Å². The van der Waals surface area contributed by atoms with Crippen molar-refractivity contribution in [3.63, 3.8) is 0 Å². The summed E-state index contributed by atoms with van der Waals surface area (Å²) in [5, 5.41) is -0.420. The molecular weight excluding hydrogens is 243 g/mol. The van der Waals surface area contributed by atoms with Crippen LogP contribution < -0.4 is 5.73 Å². The van der Waals surface area contributed by atoms with Gasteiger partial charge in [-0.25, -0.2) is 0 Å². The van der Waals surface area contributed by atoms with E-state index in [2.05, 4.69) is 0 Å². The first kappa shape index (κ1) is 13.0. The van der Waals surface area contributed by atoms with Crippen molar-refractivity contribution in [2.45, 2.75) is 12.6 Å². The van der Waals surface area contributed by atoms with Gasteiger partial charge in [0.25, 0.3) is 0 Å². The van der Waals surface area contributed by atoms with E-state index in [0.717, 1.165) is 12.1 Å². The van der Waals surface area contributed by atoms with E-state index < -0.39 is 22.5 Å². The Labute approximate surface area is 95.2 Å². The number of hydrogen-bond acceptors (Lipinski definition) is 2. The predicted octanol–water partition coefficient (Wildman–Crippen LogP) is 2.89. The van der Waals surface area contributed by atoms with Crippen LogP contribution in [0.5, 0.6) is 0 Å². The molecule has 0 saturated carbocycles. The molecule has 2 N–H and O–H groups in total. The van der Waals surface area contributed by atoms with Crippen molar-refractivity contribution in [2.24, 2.45) is 5.73 Å². The molecule has 0 bridgehead atoms. The molecule has 1 rings (SSSR count). The summed E-state index contributed by atoms with van der Waals surface area (Å²) in [6.45, 7) is 0.100. The molecule has 0 aliphatic rings. The maximum Gasteiger partial charge on any atom is 0.417 e. The predicted molar refractivity (Wildman–Crippen MR) is 54.5 cm³/mol. The van der Waals surface area contributed by atoms with E-state index in [4.69, 9.17) is 17.3 Å². The van der Waals surface area contributed by atoms with Crippen LogP contribution >= 0.6 is 11.6 Å². The van der Waals surface area contributed by atoms with Gasteiger partial charge in [0.2, 0.25) is 0 Å². The van der Waals surface area contributed by atoms with Gasteiger partial charge in [0.1, 0.15) is 0 Å². The van der Waals surface area contributed by atoms with Crippen LogP contribution in [0.15, 0.2) is 18.2 Å². The SMILES string of the molecule is NCCC(=O)c1ccc(Cl)c(C(F)(F)F)c1. The van der Waals surface area contributed by atoms with Crippen LogP contribution in [-0.4, -0.2) is 12.3 Å². The standard InChI is InChI=1S/C10H9ClF3NO/c11-8-2-1-6(9(16)3-4-15)5-7(8)10(12,13)14/h1-2,5H,3-4,15H2. The van der Waals surface area contributed by atoms with Crippen LogP contribution in [0.25, 0.3) is 0 Å². The fourth-order valence-electron chi connectivity index (χ4n) is 1.19. The number of rotatable bonds is 3. The molecule has 2 nitrogen and oxygen atoms in total. The lowest BCUT2D eigenvalue weighted by Gasteiger charge is -2.10. The maximum atomic E-state index is 12.5. The molecule has 0 aromatic heterocycles. The highest BCUT2D eigenvalue weighted by Crippen LogP contribution is 2.35. The molecule has 0 fully saturated rings. The fraction of sp³-hybridized carbons (Fsp3) is 0.300. The van der Waals surface area contributed by atoms with Crippen molar-refractivity contribution in [1.82, 2.24) is 0 Å². The zero-order valence-corrected chi connectivity index (χ0v) is 8.90. The van der Waals surface area contributed by atoms with Gasteiger partial charge < -0.3 is 5.73 Å². The Morgan fingerprint density at radius 1 is 1.38 bits per heavy atom. The third kappa shape index (κ3) is 2.96. The summed E-state index contributed by atoms with van der Waals surface area (Å²) in [7, 11) is 0. The third-order valence-corrected chi connectivity index (χ3v) is 2.29. The largest absolute Gasteiger partial charge is 0.417 e. The number of carbonyl (C=O) groups excluding carboxylic acids is 1. The molecule has 1 aromatic rings. The van der Waals surface area contributed by atoms with Crippen molar-refractivity contribution in [2.75, 3.05) is 6.54 Å². The molecule has 16 heavy (non-hydrogen) atoms. The molecule has 0 radical (unpaired) electrons. The normalized spacial score (nSPS) is 11.6. The summed E-state index contributed by atoms with van der Waals surface area (Å²) < 4.78 is 37.4. The van der Waals surface area contributed by atoms with Gasteiger partial charge in [-0.1, -0.05) is 11.6 Å². The van der Waals surface area contributed by atoms with E-state index in [-0.39, 0.29) is 18.5 Å². The second-order valence-corrected chi connectivity index (χ2v) is 3.56. The summed E-state index contributed by atoms with van der Waals surface area (Å²) >= 11 is 5.41. The van der Waals surface area contributed by atoms with Crippen LogP contribution in [0.1, 0.15) is 22.3 Å². The molecule has 0 atom stereocenters. The van der Waals surface area contributed by atoms with E-state index in [1.54, 1.807) is 0 Å². The van der Waals surface area contributed by atoms with Crippen LogP contribution in [0, 0.1) is 0 Å². The molecular formula is C10H9ClF3NO. The minimum atomic E-state index is -4.56. The monoisotopic (exact) mass is 251 g/mol. The third-order valence-electron chi connectivity index (χ3n) is 1.97. The first-order valence-electron chi connectivity index (χ1n) is 4.46. The van der Waals surface area contributed by atoms with E-state index >= 15 is 0 Å². The lowest BCUT2D eigenvalue weighted by molar-refractivity contribution is -0.137. The number of benzene rings is 1. The van der Waals surface area contributed by atoms with Crippen LogP contribution in [0.3, 0.4) is 0 Å². The Kier molecular flexibility index (Phi) is 3.93. The number of ketones is 1. The molecule has 0 aliphatic heterocycles. The minimum Gasteiger partial charge on any atom is -0.330 e. The zero-order valence-electron chi connectivity index (χ0n) is 8.14. The Hall–Kier alpha value is -1.07. The lowest BCUT2D eigenvalue weighted by Crippen LogP contribution is -2.11. The van der Waals surface area contributed by atoms with Gasteiger partial charge in [-0.15, -0.1) is 0 Å². The zero-order chi connectivity index (χ0) is 12.3. The molecule has 0 spiro atoms. The van der Waals surface area contributed by atoms with Gasteiger partial charge in [0, 0.05) is 12.0 Å². The van der Waals surface area contributed by atoms with Crippen LogP contribution in [0.2, 0.25) is 5.02 Å². The van der Waals surface area contributed by atoms with Gasteiger partial charge in [0.15, 0.2) is 5.78 Å². The van der Waals surface area contributed by atoms with Crippen molar-refractivity contribution in [1.29, 1.82) is 0 Å². The Bertz CT molecular complexity index is 404. The number of Topliss-reactive ketones (excluding diaryl/α,β-unsaturated/α-hetero) is 1. The Balaban J connectivity index is 3.13. The van der Waals surface area contributed by atoms with Gasteiger partial charge in [0.05, 0.1) is 10.6 Å². The minimum absolute atomic E-state index is 0.0128. The Morgan fingerprint density at radius 2 is 2.00 bits per heavy atom. The number of hydrogen-bond donors (Lipinski definition) is 1. The highest BCUT2D eigenvalue weighted by molar-refractivity contribution is 6.31. The molecule has 0 heterocycles. The summed E-state index contributed by atoms with van der Waals surface area (Å²) in [5.74, 6) is -0.426. The molecule has 0 aliphatic carbocycles. The highest BCUT2D eigenvalue weighted by Gasteiger charge is 2.33. The average molecular weight is 252 g/mol. The summed E-state index contributed by atoms with van der Waals surface area (Å²) in [6, 6.07) is 3.07. The molecule has 0 amide bonds. The number of alkyl halides is 3. The molecule has 0 saturated heterocycles. The highest BCUT2D eigenvalue weighted by atomic mass is 35.5. The van der Waals surface area contributed by atoms with Crippen molar-refractivity contribution >= 4 is 17.4 Å². The van der Waals surface area contributed by atoms with Crippen molar-refractivity contribution in [3.8, 4) is 0 Å². The fourth-order valence-corrected chi connectivity index (χ4v) is 1.42. The summed E-state index contributed by atoms with van der Waals surface area (Å²) in [6.07, 6.45) is -4.55. The first-order chi connectivity index (χ1) is 7.36. The average Bonchev–Trinajstić information content (AvgIpc) is 2.16. The second-order valence-electron chi connectivity index (χ2n) is 3.15. The summed E-state index contributed by atoms with van der Waals surface area (Å²) in [5.41, 5.74) is 4.12. The quantitative estimate of drug-likeness (QED) is 0.840. The lowest BCUT2D eigenvalue weighted by atomic mass is 10.0.